The Kier molecular flexibility index (Phi) is 4.13. The van der Waals surface area contributed by atoms with Crippen molar-refractivity contribution in [3.05, 3.63) is 73.1 Å². The Hall–Kier alpha value is -3.60. The van der Waals surface area contributed by atoms with Crippen LogP contribution in [-0.4, -0.2) is 22.8 Å². The molecule has 0 saturated heterocycles. The monoisotopic (exact) mass is 397 g/mol. The molecule has 0 unspecified atom stereocenters. The standard InChI is InChI=1S/C25H27N5/c1-26-16-6-8-18(26)20-10-12-22(28(20)3)24-14-15-25(30(24)5)23-13-11-21(29(23)4)19-9-7-17-27(19)2/h6-17H,1-5H3. The molecule has 0 fully saturated rings. The first-order chi connectivity index (χ1) is 14.5. The lowest BCUT2D eigenvalue weighted by Gasteiger charge is -2.13. The Labute approximate surface area is 177 Å². The smallest absolute Gasteiger partial charge is 0.0650 e. The van der Waals surface area contributed by atoms with E-state index in [1.165, 1.54) is 45.6 Å². The van der Waals surface area contributed by atoms with Crippen LogP contribution >= 0.6 is 0 Å². The molecule has 0 atom stereocenters. The van der Waals surface area contributed by atoms with Crippen molar-refractivity contribution in [2.45, 2.75) is 0 Å². The van der Waals surface area contributed by atoms with Gasteiger partial charge in [0.05, 0.1) is 45.6 Å². The highest BCUT2D eigenvalue weighted by atomic mass is 15.1. The summed E-state index contributed by atoms with van der Waals surface area (Å²) in [5, 5.41) is 0. The molecule has 0 N–H and O–H groups in total. The summed E-state index contributed by atoms with van der Waals surface area (Å²) in [6.45, 7) is 0. The summed E-state index contributed by atoms with van der Waals surface area (Å²) in [6.07, 6.45) is 4.17. The molecule has 0 amide bonds. The lowest BCUT2D eigenvalue weighted by molar-refractivity contribution is 0.858. The van der Waals surface area contributed by atoms with Crippen molar-refractivity contribution >= 4 is 0 Å². The van der Waals surface area contributed by atoms with Crippen LogP contribution in [0, 0.1) is 0 Å². The zero-order valence-electron chi connectivity index (χ0n) is 18.2. The van der Waals surface area contributed by atoms with E-state index in [0.717, 1.165) is 0 Å². The van der Waals surface area contributed by atoms with Crippen LogP contribution in [0.3, 0.4) is 0 Å². The largest absolute Gasteiger partial charge is 0.349 e. The number of rotatable bonds is 4. The van der Waals surface area contributed by atoms with Gasteiger partial charge in [-0.25, -0.2) is 0 Å². The number of hydrogen-bond donors (Lipinski definition) is 0. The Morgan fingerprint density at radius 2 is 0.633 bits per heavy atom. The number of aryl methyl sites for hydroxylation is 2. The van der Waals surface area contributed by atoms with Gasteiger partial charge in [0.2, 0.25) is 0 Å². The first-order valence-corrected chi connectivity index (χ1v) is 10.2. The van der Waals surface area contributed by atoms with Crippen molar-refractivity contribution in [3.63, 3.8) is 0 Å². The molecule has 0 radical (unpaired) electrons. The fraction of sp³-hybridized carbons (Fsp3) is 0.200. The summed E-state index contributed by atoms with van der Waals surface area (Å²) in [5.41, 5.74) is 9.67. The minimum atomic E-state index is 1.20. The maximum absolute atomic E-state index is 2.29. The van der Waals surface area contributed by atoms with Crippen LogP contribution in [0.4, 0.5) is 0 Å². The molecule has 0 aliphatic carbocycles. The van der Waals surface area contributed by atoms with E-state index in [9.17, 15) is 0 Å². The first-order valence-electron chi connectivity index (χ1n) is 10.2. The average molecular weight is 398 g/mol. The lowest BCUT2D eigenvalue weighted by Crippen LogP contribution is -2.03. The van der Waals surface area contributed by atoms with Crippen molar-refractivity contribution in [2.75, 3.05) is 0 Å². The van der Waals surface area contributed by atoms with Gasteiger partial charge in [-0.2, -0.15) is 0 Å². The third-order valence-corrected chi connectivity index (χ3v) is 6.30. The van der Waals surface area contributed by atoms with E-state index in [-0.39, 0.29) is 0 Å². The van der Waals surface area contributed by atoms with Crippen LogP contribution in [0.5, 0.6) is 0 Å². The molecular formula is C25H27N5. The summed E-state index contributed by atoms with van der Waals surface area (Å²) in [7, 11) is 10.6. The zero-order chi connectivity index (χ0) is 21.0. The van der Waals surface area contributed by atoms with Gasteiger partial charge < -0.3 is 22.8 Å². The van der Waals surface area contributed by atoms with E-state index in [1.54, 1.807) is 0 Å². The van der Waals surface area contributed by atoms with E-state index in [0.29, 0.717) is 0 Å². The maximum Gasteiger partial charge on any atom is 0.0650 e. The highest BCUT2D eigenvalue weighted by Crippen LogP contribution is 2.33. The molecule has 5 heteroatoms. The Morgan fingerprint density at radius 1 is 0.367 bits per heavy atom. The third-order valence-electron chi connectivity index (χ3n) is 6.30. The number of hydrogen-bond acceptors (Lipinski definition) is 0. The molecular weight excluding hydrogens is 370 g/mol. The Bertz CT molecular complexity index is 1250. The number of aromatic nitrogens is 5. The molecule has 5 heterocycles. The highest BCUT2D eigenvalue weighted by Gasteiger charge is 2.17. The predicted molar refractivity (Wildman–Crippen MR) is 123 cm³/mol. The minimum Gasteiger partial charge on any atom is -0.349 e. The van der Waals surface area contributed by atoms with Crippen molar-refractivity contribution in [1.29, 1.82) is 0 Å². The lowest BCUT2D eigenvalue weighted by atomic mass is 10.3. The molecule has 0 saturated carbocycles. The maximum atomic E-state index is 2.29. The van der Waals surface area contributed by atoms with Gasteiger partial charge in [-0.15, -0.1) is 0 Å². The average Bonchev–Trinajstić information content (AvgIpc) is 3.52. The predicted octanol–water partition coefficient (Wildman–Crippen LogP) is 5.05. The van der Waals surface area contributed by atoms with Crippen LogP contribution in [-0.2, 0) is 35.2 Å². The fourth-order valence-corrected chi connectivity index (χ4v) is 4.53. The van der Waals surface area contributed by atoms with Crippen LogP contribution in [0.25, 0.3) is 45.6 Å². The molecule has 0 spiro atoms. The first kappa shape index (κ1) is 18.4. The molecule has 5 rings (SSSR count). The van der Waals surface area contributed by atoms with Crippen molar-refractivity contribution in [3.8, 4) is 45.6 Å². The summed E-state index contributed by atoms with van der Waals surface area (Å²) < 4.78 is 11.1. The summed E-state index contributed by atoms with van der Waals surface area (Å²) >= 11 is 0. The summed E-state index contributed by atoms with van der Waals surface area (Å²) in [5.74, 6) is 0. The van der Waals surface area contributed by atoms with Crippen LogP contribution in [0.1, 0.15) is 0 Å². The van der Waals surface area contributed by atoms with Gasteiger partial charge in [0.25, 0.3) is 0 Å². The van der Waals surface area contributed by atoms with Gasteiger partial charge in [0, 0.05) is 47.6 Å². The molecule has 5 nitrogen and oxygen atoms in total. The quantitative estimate of drug-likeness (QED) is 0.406. The third kappa shape index (κ3) is 2.62. The molecule has 0 aliphatic heterocycles. The fourth-order valence-electron chi connectivity index (χ4n) is 4.53. The topological polar surface area (TPSA) is 24.6 Å². The van der Waals surface area contributed by atoms with E-state index >= 15 is 0 Å². The van der Waals surface area contributed by atoms with E-state index in [2.05, 4.69) is 131 Å². The normalized spacial score (nSPS) is 11.5. The number of nitrogens with zero attached hydrogens (tertiary/aromatic N) is 5. The Morgan fingerprint density at radius 3 is 0.867 bits per heavy atom. The molecule has 5 aromatic rings. The van der Waals surface area contributed by atoms with Crippen LogP contribution < -0.4 is 0 Å². The summed E-state index contributed by atoms with van der Waals surface area (Å²) in [6, 6.07) is 21.7. The van der Waals surface area contributed by atoms with Gasteiger partial charge in [-0.3, -0.25) is 0 Å². The van der Waals surface area contributed by atoms with Gasteiger partial charge in [-0.05, 0) is 60.7 Å². The van der Waals surface area contributed by atoms with Gasteiger partial charge >= 0.3 is 0 Å². The Balaban J connectivity index is 1.57. The molecule has 152 valence electrons. The second-order valence-electron chi connectivity index (χ2n) is 8.00. The second-order valence-corrected chi connectivity index (χ2v) is 8.00. The molecule has 30 heavy (non-hydrogen) atoms. The van der Waals surface area contributed by atoms with E-state index < -0.39 is 0 Å². The second kappa shape index (κ2) is 6.73. The highest BCUT2D eigenvalue weighted by molar-refractivity contribution is 5.72. The van der Waals surface area contributed by atoms with Gasteiger partial charge in [0.1, 0.15) is 0 Å². The van der Waals surface area contributed by atoms with E-state index in [4.69, 9.17) is 0 Å². The molecule has 0 aliphatic rings. The van der Waals surface area contributed by atoms with Crippen molar-refractivity contribution < 1.29 is 0 Å². The van der Waals surface area contributed by atoms with Crippen molar-refractivity contribution in [1.82, 2.24) is 22.8 Å². The van der Waals surface area contributed by atoms with E-state index in [1.807, 2.05) is 0 Å². The van der Waals surface area contributed by atoms with Gasteiger partial charge in [-0.1, -0.05) is 0 Å². The summed E-state index contributed by atoms with van der Waals surface area (Å²) in [4.78, 5) is 0. The van der Waals surface area contributed by atoms with Crippen molar-refractivity contribution in [2.24, 2.45) is 35.2 Å². The zero-order valence-corrected chi connectivity index (χ0v) is 18.2. The SMILES string of the molecule is Cn1cccc1-c1ccc(-c2ccc(-c3ccc(-c4cccn4C)n3C)n2C)n1C. The molecule has 0 bridgehead atoms. The molecule has 5 aromatic heterocycles. The van der Waals surface area contributed by atoms with Gasteiger partial charge in [0.15, 0.2) is 0 Å². The molecule has 0 aromatic carbocycles. The van der Waals surface area contributed by atoms with Crippen LogP contribution in [0.15, 0.2) is 73.1 Å². The van der Waals surface area contributed by atoms with Crippen LogP contribution in [0.2, 0.25) is 0 Å². The minimum absolute atomic E-state index is 1.20.